The molecule has 0 fully saturated rings. The number of thiophene rings is 1. The molecule has 1 atom stereocenters. The van der Waals surface area contributed by atoms with Crippen LogP contribution in [0.4, 0.5) is 5.69 Å². The number of nitrogens with one attached hydrogen (secondary N) is 1. The van der Waals surface area contributed by atoms with Gasteiger partial charge in [0, 0.05) is 19.8 Å². The monoisotopic (exact) mass is 477 g/mol. The number of nitrogens with zero attached hydrogens (tertiary/aromatic N) is 3. The highest BCUT2D eigenvalue weighted by atomic mass is 32.2. The summed E-state index contributed by atoms with van der Waals surface area (Å²) < 4.78 is 26.7. The number of carbonyl (C=O) groups is 2. The van der Waals surface area contributed by atoms with Crippen molar-refractivity contribution in [3.05, 3.63) is 51.4 Å². The van der Waals surface area contributed by atoms with Crippen molar-refractivity contribution in [2.24, 2.45) is 5.73 Å². The number of rotatable bonds is 7. The van der Waals surface area contributed by atoms with Gasteiger partial charge in [0.25, 0.3) is 11.5 Å². The first kappa shape index (κ1) is 23.6. The zero-order valence-electron chi connectivity index (χ0n) is 17.9. The standard InChI is InChI=1S/C20H23N5O5S2/c1-5-14(18(27)23-12-6-8-13(9-7-12)32(29,30)24(3)4)25-10-22-19-15(20(25)28)11(2)16(31-19)17(21)26/h6-10,14H,5H2,1-4H3,(H2,21,26)(H,23,27). The molecular formula is C20H23N5O5S2. The Morgan fingerprint density at radius 1 is 1.25 bits per heavy atom. The smallest absolute Gasteiger partial charge is 0.263 e. The van der Waals surface area contributed by atoms with Crippen molar-refractivity contribution in [2.75, 3.05) is 19.4 Å². The average molecular weight is 478 g/mol. The summed E-state index contributed by atoms with van der Waals surface area (Å²) >= 11 is 1.04. The summed E-state index contributed by atoms with van der Waals surface area (Å²) in [6, 6.07) is 4.89. The molecular weight excluding hydrogens is 454 g/mol. The number of aryl methyl sites for hydroxylation is 1. The zero-order valence-corrected chi connectivity index (χ0v) is 19.6. The van der Waals surface area contributed by atoms with E-state index in [1.165, 1.54) is 49.3 Å². The van der Waals surface area contributed by atoms with Crippen LogP contribution in [0.1, 0.15) is 34.6 Å². The van der Waals surface area contributed by atoms with Crippen LogP contribution in [-0.2, 0) is 14.8 Å². The fourth-order valence-electron chi connectivity index (χ4n) is 3.25. The number of primary amides is 1. The van der Waals surface area contributed by atoms with Gasteiger partial charge in [0.2, 0.25) is 15.9 Å². The number of benzene rings is 1. The number of carbonyl (C=O) groups excluding carboxylic acids is 2. The van der Waals surface area contributed by atoms with E-state index in [-0.39, 0.29) is 15.2 Å². The van der Waals surface area contributed by atoms with E-state index in [2.05, 4.69) is 10.3 Å². The van der Waals surface area contributed by atoms with Gasteiger partial charge in [-0.1, -0.05) is 6.92 Å². The predicted molar refractivity (Wildman–Crippen MR) is 122 cm³/mol. The van der Waals surface area contributed by atoms with Crippen molar-refractivity contribution in [3.63, 3.8) is 0 Å². The van der Waals surface area contributed by atoms with Gasteiger partial charge in [-0.25, -0.2) is 17.7 Å². The molecule has 10 nitrogen and oxygen atoms in total. The van der Waals surface area contributed by atoms with Crippen molar-refractivity contribution in [3.8, 4) is 0 Å². The number of sulfonamides is 1. The molecule has 1 aromatic carbocycles. The second-order valence-corrected chi connectivity index (χ2v) is 10.4. The van der Waals surface area contributed by atoms with Crippen molar-refractivity contribution in [1.82, 2.24) is 13.9 Å². The van der Waals surface area contributed by atoms with Crippen LogP contribution in [0.2, 0.25) is 0 Å². The molecule has 0 spiro atoms. The summed E-state index contributed by atoms with van der Waals surface area (Å²) in [5, 5.41) is 2.97. The van der Waals surface area contributed by atoms with Gasteiger partial charge in [-0.3, -0.25) is 19.0 Å². The summed E-state index contributed by atoms with van der Waals surface area (Å²) in [7, 11) is -0.723. The van der Waals surface area contributed by atoms with E-state index in [0.717, 1.165) is 15.6 Å². The molecule has 2 amide bonds. The van der Waals surface area contributed by atoms with Crippen molar-refractivity contribution >= 4 is 49.1 Å². The van der Waals surface area contributed by atoms with E-state index in [9.17, 15) is 22.8 Å². The number of nitrogens with two attached hydrogens (primary N) is 1. The van der Waals surface area contributed by atoms with Gasteiger partial charge < -0.3 is 11.1 Å². The largest absolute Gasteiger partial charge is 0.365 e. The summed E-state index contributed by atoms with van der Waals surface area (Å²) in [4.78, 5) is 42.6. The first-order chi connectivity index (χ1) is 15.0. The lowest BCUT2D eigenvalue weighted by Gasteiger charge is -2.18. The highest BCUT2D eigenvalue weighted by molar-refractivity contribution is 7.89. The fraction of sp³-hybridized carbons (Fsp3) is 0.300. The molecule has 2 heterocycles. The van der Waals surface area contributed by atoms with Crippen LogP contribution in [0, 0.1) is 6.92 Å². The zero-order chi connectivity index (χ0) is 23.8. The molecule has 0 saturated carbocycles. The molecule has 3 N–H and O–H groups in total. The number of hydrogen-bond acceptors (Lipinski definition) is 7. The SMILES string of the molecule is CCC(C(=O)Nc1ccc(S(=O)(=O)N(C)C)cc1)n1cnc2sc(C(N)=O)c(C)c2c1=O. The molecule has 0 radical (unpaired) electrons. The predicted octanol–water partition coefficient (Wildman–Crippen LogP) is 1.71. The lowest BCUT2D eigenvalue weighted by molar-refractivity contribution is -0.119. The minimum absolute atomic E-state index is 0.0941. The molecule has 3 rings (SSSR count). The fourth-order valence-corrected chi connectivity index (χ4v) is 5.14. The van der Waals surface area contributed by atoms with Crippen LogP contribution in [0.15, 0.2) is 40.3 Å². The van der Waals surface area contributed by atoms with E-state index < -0.39 is 33.4 Å². The van der Waals surface area contributed by atoms with Crippen LogP contribution < -0.4 is 16.6 Å². The summed E-state index contributed by atoms with van der Waals surface area (Å²) in [6.45, 7) is 3.37. The van der Waals surface area contributed by atoms with E-state index in [1.54, 1.807) is 13.8 Å². The first-order valence-corrected chi connectivity index (χ1v) is 11.9. The van der Waals surface area contributed by atoms with Gasteiger partial charge in [0.15, 0.2) is 0 Å². The minimum Gasteiger partial charge on any atom is -0.365 e. The molecule has 3 aromatic rings. The maximum atomic E-state index is 13.1. The Hall–Kier alpha value is -3.09. The normalized spacial score (nSPS) is 12.8. The number of fused-ring (bicyclic) bond motifs is 1. The third-order valence-electron chi connectivity index (χ3n) is 5.03. The molecule has 32 heavy (non-hydrogen) atoms. The average Bonchev–Trinajstić information content (AvgIpc) is 3.08. The maximum absolute atomic E-state index is 13.1. The van der Waals surface area contributed by atoms with Crippen molar-refractivity contribution < 1.29 is 18.0 Å². The Labute approximate surface area is 188 Å². The summed E-state index contributed by atoms with van der Waals surface area (Å²) in [6.07, 6.45) is 1.59. The Bertz CT molecular complexity index is 1360. The van der Waals surface area contributed by atoms with E-state index in [1.807, 2.05) is 0 Å². The molecule has 0 aliphatic rings. The first-order valence-electron chi connectivity index (χ1n) is 9.62. The molecule has 0 aliphatic heterocycles. The number of hydrogen-bond donors (Lipinski definition) is 2. The van der Waals surface area contributed by atoms with Gasteiger partial charge in [-0.2, -0.15) is 0 Å². The second kappa shape index (κ2) is 8.81. The van der Waals surface area contributed by atoms with Gasteiger partial charge >= 0.3 is 0 Å². The van der Waals surface area contributed by atoms with E-state index >= 15 is 0 Å². The highest BCUT2D eigenvalue weighted by Crippen LogP contribution is 2.27. The quantitative estimate of drug-likeness (QED) is 0.530. The van der Waals surface area contributed by atoms with Crippen molar-refractivity contribution in [1.29, 1.82) is 0 Å². The van der Waals surface area contributed by atoms with Crippen LogP contribution in [0.25, 0.3) is 10.2 Å². The Kier molecular flexibility index (Phi) is 6.49. The van der Waals surface area contributed by atoms with Crippen LogP contribution in [0.5, 0.6) is 0 Å². The Morgan fingerprint density at radius 3 is 2.41 bits per heavy atom. The number of anilines is 1. The van der Waals surface area contributed by atoms with Gasteiger partial charge in [0.05, 0.1) is 21.5 Å². The molecule has 170 valence electrons. The summed E-state index contributed by atoms with van der Waals surface area (Å²) in [5.74, 6) is -1.09. The molecule has 0 bridgehead atoms. The Morgan fingerprint density at radius 2 is 1.88 bits per heavy atom. The lowest BCUT2D eigenvalue weighted by atomic mass is 10.1. The van der Waals surface area contributed by atoms with Crippen molar-refractivity contribution in [2.45, 2.75) is 31.2 Å². The second-order valence-electron chi connectivity index (χ2n) is 7.28. The third-order valence-corrected chi connectivity index (χ3v) is 8.07. The van der Waals surface area contributed by atoms with Crippen LogP contribution in [-0.4, -0.2) is 48.2 Å². The lowest BCUT2D eigenvalue weighted by Crippen LogP contribution is -2.33. The summed E-state index contributed by atoms with van der Waals surface area (Å²) in [5.41, 5.74) is 5.76. The minimum atomic E-state index is -3.59. The highest BCUT2D eigenvalue weighted by Gasteiger charge is 2.24. The topological polar surface area (TPSA) is 144 Å². The molecule has 2 aromatic heterocycles. The van der Waals surface area contributed by atoms with Gasteiger partial charge in [0.1, 0.15) is 10.9 Å². The molecule has 1 unspecified atom stereocenters. The Balaban J connectivity index is 1.92. The molecule has 12 heteroatoms. The van der Waals surface area contributed by atoms with Crippen LogP contribution >= 0.6 is 11.3 Å². The third kappa shape index (κ3) is 4.16. The number of aromatic nitrogens is 2. The molecule has 0 aliphatic carbocycles. The van der Waals surface area contributed by atoms with Crippen LogP contribution in [0.3, 0.4) is 0 Å². The molecule has 0 saturated heterocycles. The maximum Gasteiger partial charge on any atom is 0.263 e. The van der Waals surface area contributed by atoms with Gasteiger partial charge in [-0.05, 0) is 43.2 Å². The van der Waals surface area contributed by atoms with E-state index in [4.69, 9.17) is 5.73 Å². The van der Waals surface area contributed by atoms with E-state index in [0.29, 0.717) is 22.5 Å². The number of amides is 2. The van der Waals surface area contributed by atoms with Gasteiger partial charge in [-0.15, -0.1) is 11.3 Å².